The maximum Gasteiger partial charge on any atom is 0.317 e. The normalized spacial score (nSPS) is 28.5. The van der Waals surface area contributed by atoms with E-state index < -0.39 is 80.9 Å². The Bertz CT molecular complexity index is 1520. The van der Waals surface area contributed by atoms with Crippen LogP contribution in [0.4, 0.5) is 0 Å². The number of hydrogen-bond donors (Lipinski definition) is 0. The zero-order chi connectivity index (χ0) is 42.6. The van der Waals surface area contributed by atoms with E-state index in [1.165, 1.54) is 22.7 Å². The van der Waals surface area contributed by atoms with E-state index in [-0.39, 0.29) is 5.41 Å². The zero-order valence-electron chi connectivity index (χ0n) is 37.5. The summed E-state index contributed by atoms with van der Waals surface area (Å²) in [5.41, 5.74) is 3.77. The Morgan fingerprint density at radius 1 is 0.517 bits per heavy atom. The van der Waals surface area contributed by atoms with E-state index in [1.54, 1.807) is 0 Å². The van der Waals surface area contributed by atoms with Gasteiger partial charge in [-0.05, 0) is 119 Å². The number of rotatable bonds is 14. The molecule has 3 aromatic rings. The van der Waals surface area contributed by atoms with Crippen LogP contribution < -0.4 is 9.47 Å². The van der Waals surface area contributed by atoms with Crippen LogP contribution in [0.1, 0.15) is 43.4 Å². The standard InChI is InChI=1S/C29H56O10Si8.C10H16Si/c1-29(2,25-13-17-27(18-14-25)30-21-11-23-46(9)36-42(5)32-40(3)33-43(6)37-46)26-15-19-28(20-16-26)31-22-12-24-47(10)38-44(7)34-41(4)35-45(8)39-47;1-11(2,3)9-10-7-5-4-6-8-10/h13-20,40-45H,11-12,21-24H2,1-10H3;4-8H,9H2,1-3H3. The van der Waals surface area contributed by atoms with Gasteiger partial charge in [-0.2, -0.15) is 0 Å². The monoisotopic (exact) mass is 952 g/mol. The maximum atomic E-state index is 6.39. The largest absolute Gasteiger partial charge is 0.494 e. The van der Waals surface area contributed by atoms with Crippen LogP contribution >= 0.6 is 0 Å². The second kappa shape index (κ2) is 22.8. The minimum Gasteiger partial charge on any atom is -0.494 e. The molecule has 0 aliphatic carbocycles. The molecule has 5 rings (SSSR count). The van der Waals surface area contributed by atoms with Crippen molar-refractivity contribution in [2.75, 3.05) is 13.2 Å². The van der Waals surface area contributed by atoms with E-state index in [1.807, 2.05) is 0 Å². The first kappa shape index (κ1) is 49.5. The third-order valence-corrected chi connectivity index (χ3v) is 39.6. The van der Waals surface area contributed by atoms with Crippen molar-refractivity contribution in [3.8, 4) is 11.5 Å². The lowest BCUT2D eigenvalue weighted by Gasteiger charge is -2.37. The quantitative estimate of drug-likeness (QED) is 0.117. The van der Waals surface area contributed by atoms with Crippen molar-refractivity contribution in [2.24, 2.45) is 0 Å². The highest BCUT2D eigenvalue weighted by atomic mass is 28.5. The van der Waals surface area contributed by atoms with Crippen LogP contribution in [0.15, 0.2) is 78.9 Å². The van der Waals surface area contributed by atoms with Gasteiger partial charge in [0.1, 0.15) is 11.5 Å². The van der Waals surface area contributed by atoms with Crippen molar-refractivity contribution in [3.63, 3.8) is 0 Å². The minimum atomic E-state index is -2.32. The Morgan fingerprint density at radius 2 is 0.862 bits per heavy atom. The van der Waals surface area contributed by atoms with E-state index in [0.717, 1.165) is 36.4 Å². The van der Waals surface area contributed by atoms with E-state index in [2.05, 4.69) is 165 Å². The first-order chi connectivity index (χ1) is 27.2. The molecule has 0 bridgehead atoms. The summed E-state index contributed by atoms with van der Waals surface area (Å²) in [6, 6.07) is 30.7. The molecule has 2 aliphatic heterocycles. The molecule has 58 heavy (non-hydrogen) atoms. The molecule has 4 atom stereocenters. The van der Waals surface area contributed by atoms with Crippen LogP contribution in [0.2, 0.25) is 84.1 Å². The third kappa shape index (κ3) is 17.3. The van der Waals surface area contributed by atoms with Crippen molar-refractivity contribution in [1.29, 1.82) is 0 Å². The zero-order valence-corrected chi connectivity index (χ0v) is 47.4. The Labute approximate surface area is 363 Å². The number of hydrogen-bond acceptors (Lipinski definition) is 10. The molecular weight excluding hydrogens is 881 g/mol. The Balaban J connectivity index is 0.000000583. The molecule has 0 N–H and O–H groups in total. The molecule has 2 heterocycles. The lowest BCUT2D eigenvalue weighted by molar-refractivity contribution is 0.264. The van der Waals surface area contributed by atoms with Crippen LogP contribution in [0.25, 0.3) is 0 Å². The summed E-state index contributed by atoms with van der Waals surface area (Å²) in [6.07, 6.45) is 1.74. The summed E-state index contributed by atoms with van der Waals surface area (Å²) in [7, 11) is -15.7. The van der Waals surface area contributed by atoms with Crippen molar-refractivity contribution in [2.45, 2.75) is 122 Å². The lowest BCUT2D eigenvalue weighted by Crippen LogP contribution is -2.53. The first-order valence-corrected chi connectivity index (χ1v) is 42.4. The molecule has 0 saturated carbocycles. The summed E-state index contributed by atoms with van der Waals surface area (Å²) < 4.78 is 61.9. The minimum absolute atomic E-state index is 0.172. The Hall–Kier alpha value is -1.11. The SMILES string of the molecule is C[SiH]1O[SiH](C)O[Si](C)(CCCOc2ccc(C(C)(C)c3ccc(OCCC[Si]4(C)O[SiH](C)O[SiH](C)O[SiH](C)O4)cc3)cc2)O[SiH](C)O1.C[Si](C)(C)Cc1ccccc1. The summed E-state index contributed by atoms with van der Waals surface area (Å²) >= 11 is 0. The molecule has 4 unspecified atom stereocenters. The summed E-state index contributed by atoms with van der Waals surface area (Å²) in [4.78, 5) is 0. The van der Waals surface area contributed by atoms with Gasteiger partial charge in [-0.15, -0.1) is 0 Å². The van der Waals surface area contributed by atoms with E-state index in [4.69, 9.17) is 42.4 Å². The number of benzene rings is 3. The molecule has 324 valence electrons. The fourth-order valence-corrected chi connectivity index (χ4v) is 38.2. The van der Waals surface area contributed by atoms with E-state index in [0.29, 0.717) is 13.2 Å². The van der Waals surface area contributed by atoms with Crippen molar-refractivity contribution >= 4 is 80.9 Å². The average molecular weight is 954 g/mol. The van der Waals surface area contributed by atoms with Gasteiger partial charge in [0.2, 0.25) is 0 Å². The van der Waals surface area contributed by atoms with Crippen LogP contribution in [0.3, 0.4) is 0 Å². The second-order valence-electron chi connectivity index (χ2n) is 17.5. The Morgan fingerprint density at radius 3 is 1.19 bits per heavy atom. The molecule has 2 saturated heterocycles. The van der Waals surface area contributed by atoms with Gasteiger partial charge in [0.25, 0.3) is 55.7 Å². The predicted octanol–water partition coefficient (Wildman–Crippen LogP) is 8.06. The van der Waals surface area contributed by atoms with Crippen molar-refractivity contribution < 1.29 is 42.4 Å². The fraction of sp³-hybridized carbons (Fsp3) is 0.538. The topological polar surface area (TPSA) is 92.3 Å². The molecule has 19 heteroatoms. The lowest BCUT2D eigenvalue weighted by atomic mass is 9.78. The number of ether oxygens (including phenoxy) is 2. The second-order valence-corrected chi connectivity index (χ2v) is 43.4. The van der Waals surface area contributed by atoms with Gasteiger partial charge in [-0.1, -0.05) is 93.6 Å². The third-order valence-electron chi connectivity index (χ3n) is 10.0. The summed E-state index contributed by atoms with van der Waals surface area (Å²) in [5.74, 6) is 1.74. The van der Waals surface area contributed by atoms with Crippen molar-refractivity contribution in [1.82, 2.24) is 0 Å². The highest BCUT2D eigenvalue weighted by Gasteiger charge is 2.40. The van der Waals surface area contributed by atoms with Gasteiger partial charge in [-0.25, -0.2) is 0 Å². The van der Waals surface area contributed by atoms with Gasteiger partial charge in [0, 0.05) is 13.5 Å². The molecule has 2 fully saturated rings. The molecule has 0 spiro atoms. The van der Waals surface area contributed by atoms with Crippen LogP contribution in [-0.2, 0) is 44.4 Å². The maximum absolute atomic E-state index is 6.39. The van der Waals surface area contributed by atoms with Crippen LogP contribution in [0.5, 0.6) is 11.5 Å². The predicted molar refractivity (Wildman–Crippen MR) is 258 cm³/mol. The van der Waals surface area contributed by atoms with Gasteiger partial charge >= 0.3 is 17.1 Å². The van der Waals surface area contributed by atoms with E-state index >= 15 is 0 Å². The smallest absolute Gasteiger partial charge is 0.317 e. The highest BCUT2D eigenvalue weighted by Crippen LogP contribution is 2.34. The van der Waals surface area contributed by atoms with Gasteiger partial charge in [-0.3, -0.25) is 0 Å². The molecule has 0 radical (unpaired) electrons. The van der Waals surface area contributed by atoms with Gasteiger partial charge < -0.3 is 42.4 Å². The molecule has 2 aliphatic rings. The summed E-state index contributed by atoms with van der Waals surface area (Å²) in [6.45, 7) is 29.6. The molecule has 0 amide bonds. The van der Waals surface area contributed by atoms with Crippen LogP contribution in [-0.4, -0.2) is 94.1 Å². The highest BCUT2D eigenvalue weighted by molar-refractivity contribution is 6.82. The molecule has 3 aromatic carbocycles. The first-order valence-electron chi connectivity index (χ1n) is 21.1. The van der Waals surface area contributed by atoms with Gasteiger partial charge in [0.15, 0.2) is 0 Å². The van der Waals surface area contributed by atoms with Gasteiger partial charge in [0.05, 0.1) is 13.2 Å². The molecule has 0 aromatic heterocycles. The molecular formula is C39H72O10Si9. The van der Waals surface area contributed by atoms with E-state index in [9.17, 15) is 0 Å². The summed E-state index contributed by atoms with van der Waals surface area (Å²) in [5, 5.41) is 0. The fourth-order valence-electron chi connectivity index (χ4n) is 7.43. The Kier molecular flexibility index (Phi) is 19.5. The average Bonchev–Trinajstić information content (AvgIpc) is 3.11. The molecule has 10 nitrogen and oxygen atoms in total. The van der Waals surface area contributed by atoms with Crippen LogP contribution in [0, 0.1) is 0 Å². The van der Waals surface area contributed by atoms with Crippen molar-refractivity contribution in [3.05, 3.63) is 95.6 Å².